The molecule has 0 unspecified atom stereocenters. The van der Waals surface area contributed by atoms with Crippen LogP contribution in [0.25, 0.3) is 11.0 Å². The summed E-state index contributed by atoms with van der Waals surface area (Å²) in [6.45, 7) is 4.35. The van der Waals surface area contributed by atoms with Crippen LogP contribution in [0.15, 0.2) is 36.5 Å². The van der Waals surface area contributed by atoms with Gasteiger partial charge >= 0.3 is 0 Å². The number of imide groups is 1. The highest BCUT2D eigenvalue weighted by Crippen LogP contribution is 2.40. The van der Waals surface area contributed by atoms with Crippen LogP contribution in [0.1, 0.15) is 73.1 Å². The molecule has 0 bridgehead atoms. The predicted octanol–water partition coefficient (Wildman–Crippen LogP) is 3.79. The summed E-state index contributed by atoms with van der Waals surface area (Å²) in [5.41, 5.74) is 3.74. The van der Waals surface area contributed by atoms with Crippen LogP contribution in [0.3, 0.4) is 0 Å². The van der Waals surface area contributed by atoms with E-state index in [0.29, 0.717) is 17.2 Å². The Morgan fingerprint density at radius 1 is 1.12 bits per heavy atom. The van der Waals surface area contributed by atoms with E-state index in [4.69, 9.17) is 4.98 Å². The molecule has 1 saturated heterocycles. The summed E-state index contributed by atoms with van der Waals surface area (Å²) < 4.78 is 1.85. The number of nitrogens with zero attached hydrogens (tertiary/aromatic N) is 4. The van der Waals surface area contributed by atoms with E-state index in [2.05, 4.69) is 10.4 Å². The number of likely N-dealkylation sites (tertiary alicyclic amines) is 1. The molecule has 32 heavy (non-hydrogen) atoms. The largest absolute Gasteiger partial charge is 0.322 e. The van der Waals surface area contributed by atoms with Gasteiger partial charge in [0.2, 0.25) is 11.8 Å². The van der Waals surface area contributed by atoms with Gasteiger partial charge in [0.05, 0.1) is 23.7 Å². The highest BCUT2D eigenvalue weighted by molar-refractivity contribution is 6.12. The molecule has 3 aromatic rings. The van der Waals surface area contributed by atoms with Crippen molar-refractivity contribution in [3.8, 4) is 0 Å². The number of anilines is 1. The van der Waals surface area contributed by atoms with Crippen molar-refractivity contribution < 1.29 is 14.4 Å². The Morgan fingerprint density at radius 3 is 2.44 bits per heavy atom. The molecule has 1 saturated carbocycles. The fourth-order valence-corrected chi connectivity index (χ4v) is 4.07. The van der Waals surface area contributed by atoms with Gasteiger partial charge in [0.15, 0.2) is 5.65 Å². The van der Waals surface area contributed by atoms with Gasteiger partial charge < -0.3 is 5.32 Å². The Hall–Kier alpha value is -3.55. The van der Waals surface area contributed by atoms with Gasteiger partial charge in [-0.1, -0.05) is 12.1 Å². The number of hydrogen-bond acceptors (Lipinski definition) is 5. The minimum absolute atomic E-state index is 0.137. The second-order valence-electron chi connectivity index (χ2n) is 8.81. The zero-order valence-corrected chi connectivity index (χ0v) is 18.2. The van der Waals surface area contributed by atoms with Gasteiger partial charge in [-0.3, -0.25) is 19.3 Å². The number of amides is 3. The number of aromatic nitrogens is 3. The number of nitrogens with one attached hydrogen (secondary N) is 1. The van der Waals surface area contributed by atoms with E-state index in [1.165, 1.54) is 4.90 Å². The van der Waals surface area contributed by atoms with Crippen molar-refractivity contribution in [2.45, 2.75) is 58.0 Å². The number of fused-ring (bicyclic) bond motifs is 1. The lowest BCUT2D eigenvalue weighted by molar-refractivity contribution is -0.139. The van der Waals surface area contributed by atoms with Gasteiger partial charge in [0, 0.05) is 36.2 Å². The Kier molecular flexibility index (Phi) is 5.00. The molecule has 0 spiro atoms. The molecule has 1 aromatic carbocycles. The van der Waals surface area contributed by atoms with Gasteiger partial charge in [-0.05, 0) is 50.5 Å². The molecular formula is C24H25N5O3. The topological polar surface area (TPSA) is 97.2 Å². The average Bonchev–Trinajstić information content (AvgIpc) is 3.46. The summed E-state index contributed by atoms with van der Waals surface area (Å²) in [6.07, 6.45) is 4.46. The molecule has 3 heterocycles. The maximum atomic E-state index is 13.2. The zero-order chi connectivity index (χ0) is 22.4. The lowest BCUT2D eigenvalue weighted by Gasteiger charge is -2.14. The number of hydrogen-bond donors (Lipinski definition) is 1. The molecule has 3 amide bonds. The van der Waals surface area contributed by atoms with Crippen LogP contribution in [0, 0.1) is 0 Å². The average molecular weight is 431 g/mol. The quantitative estimate of drug-likeness (QED) is 0.599. The molecule has 0 atom stereocenters. The molecule has 5 rings (SSSR count). The minimum Gasteiger partial charge on any atom is -0.322 e. The van der Waals surface area contributed by atoms with E-state index in [1.807, 2.05) is 36.7 Å². The summed E-state index contributed by atoms with van der Waals surface area (Å²) in [6, 6.07) is 9.26. The maximum Gasteiger partial charge on any atom is 0.256 e. The van der Waals surface area contributed by atoms with E-state index in [1.54, 1.807) is 18.3 Å². The molecule has 0 radical (unpaired) electrons. The maximum absolute atomic E-state index is 13.2. The van der Waals surface area contributed by atoms with Crippen LogP contribution < -0.4 is 5.32 Å². The van der Waals surface area contributed by atoms with Crippen LogP contribution >= 0.6 is 0 Å². The van der Waals surface area contributed by atoms with Gasteiger partial charge in [-0.25, -0.2) is 9.67 Å². The zero-order valence-electron chi connectivity index (χ0n) is 18.2. The van der Waals surface area contributed by atoms with Gasteiger partial charge in [0.25, 0.3) is 5.91 Å². The second-order valence-corrected chi connectivity index (χ2v) is 8.81. The van der Waals surface area contributed by atoms with Crippen LogP contribution in [0.4, 0.5) is 5.69 Å². The second kappa shape index (κ2) is 7.85. The molecule has 1 aliphatic heterocycles. The van der Waals surface area contributed by atoms with E-state index in [9.17, 15) is 14.4 Å². The lowest BCUT2D eigenvalue weighted by Crippen LogP contribution is -2.28. The van der Waals surface area contributed by atoms with Crippen molar-refractivity contribution in [1.82, 2.24) is 19.7 Å². The Labute approximate surface area is 185 Å². The third-order valence-electron chi connectivity index (χ3n) is 6.02. The van der Waals surface area contributed by atoms with E-state index >= 15 is 0 Å². The van der Waals surface area contributed by atoms with Crippen molar-refractivity contribution in [3.63, 3.8) is 0 Å². The lowest BCUT2D eigenvalue weighted by atomic mass is 10.1. The Balaban J connectivity index is 1.38. The first kappa shape index (κ1) is 20.4. The molecule has 1 aliphatic carbocycles. The SMILES string of the molecule is CC(C)n1ncc2c(C(=O)Nc3ccc(CN4C(=O)CCC4=O)cc3)cc(C3CC3)nc21. The number of carbonyl (C=O) groups excluding carboxylic acids is 3. The first-order valence-corrected chi connectivity index (χ1v) is 11.0. The third-order valence-corrected chi connectivity index (χ3v) is 6.02. The molecule has 1 N–H and O–H groups in total. The van der Waals surface area contributed by atoms with Crippen LogP contribution in [-0.2, 0) is 16.1 Å². The molecule has 2 aliphatic rings. The summed E-state index contributed by atoms with van der Waals surface area (Å²) in [5.74, 6) is -0.0676. The summed E-state index contributed by atoms with van der Waals surface area (Å²) in [4.78, 5) is 42.9. The molecule has 8 heteroatoms. The van der Waals surface area contributed by atoms with Gasteiger partial charge in [0.1, 0.15) is 0 Å². The first-order valence-electron chi connectivity index (χ1n) is 11.0. The van der Waals surface area contributed by atoms with E-state index in [0.717, 1.165) is 35.1 Å². The van der Waals surface area contributed by atoms with Crippen molar-refractivity contribution in [2.75, 3.05) is 5.32 Å². The van der Waals surface area contributed by atoms with Gasteiger partial charge in [-0.15, -0.1) is 0 Å². The summed E-state index contributed by atoms with van der Waals surface area (Å²) in [5, 5.41) is 8.15. The minimum atomic E-state index is -0.208. The van der Waals surface area contributed by atoms with Crippen LogP contribution in [-0.4, -0.2) is 37.4 Å². The number of benzene rings is 1. The summed E-state index contributed by atoms with van der Waals surface area (Å²) >= 11 is 0. The monoisotopic (exact) mass is 431 g/mol. The molecule has 8 nitrogen and oxygen atoms in total. The highest BCUT2D eigenvalue weighted by atomic mass is 16.2. The smallest absolute Gasteiger partial charge is 0.256 e. The van der Waals surface area contributed by atoms with E-state index in [-0.39, 0.29) is 43.1 Å². The molecular weight excluding hydrogens is 406 g/mol. The van der Waals surface area contributed by atoms with Crippen LogP contribution in [0.2, 0.25) is 0 Å². The third kappa shape index (κ3) is 3.77. The number of rotatable bonds is 6. The van der Waals surface area contributed by atoms with Crippen molar-refractivity contribution in [1.29, 1.82) is 0 Å². The molecule has 2 fully saturated rings. The normalized spacial score (nSPS) is 16.4. The number of pyridine rings is 1. The summed E-state index contributed by atoms with van der Waals surface area (Å²) in [7, 11) is 0. The van der Waals surface area contributed by atoms with Crippen molar-refractivity contribution in [2.24, 2.45) is 0 Å². The number of carbonyl (C=O) groups is 3. The predicted molar refractivity (Wildman–Crippen MR) is 119 cm³/mol. The Bertz CT molecular complexity index is 1210. The fourth-order valence-electron chi connectivity index (χ4n) is 4.07. The molecule has 164 valence electrons. The van der Waals surface area contributed by atoms with E-state index < -0.39 is 0 Å². The first-order chi connectivity index (χ1) is 15.4. The standard InChI is InChI=1S/C24H25N5O3/c1-14(2)29-23-19(12-25-29)18(11-20(27-23)16-5-6-16)24(32)26-17-7-3-15(4-8-17)13-28-21(30)9-10-22(28)31/h3-4,7-8,11-12,14,16H,5-6,9-10,13H2,1-2H3,(H,26,32). The van der Waals surface area contributed by atoms with Crippen LogP contribution in [0.5, 0.6) is 0 Å². The van der Waals surface area contributed by atoms with Crippen molar-refractivity contribution in [3.05, 3.63) is 53.3 Å². The van der Waals surface area contributed by atoms with Gasteiger partial charge in [-0.2, -0.15) is 5.10 Å². The van der Waals surface area contributed by atoms with Crippen molar-refractivity contribution >= 4 is 34.4 Å². The fraction of sp³-hybridized carbons (Fsp3) is 0.375. The highest BCUT2D eigenvalue weighted by Gasteiger charge is 2.29. The Morgan fingerprint density at radius 2 is 1.81 bits per heavy atom. The molecule has 2 aromatic heterocycles.